The lowest BCUT2D eigenvalue weighted by molar-refractivity contribution is 0.564. The summed E-state index contributed by atoms with van der Waals surface area (Å²) in [6.07, 6.45) is 0. The minimum absolute atomic E-state index is 0.0421. The summed E-state index contributed by atoms with van der Waals surface area (Å²) in [5, 5.41) is 5.38. The summed E-state index contributed by atoms with van der Waals surface area (Å²) in [4.78, 5) is 4.79. The van der Waals surface area contributed by atoms with Crippen molar-refractivity contribution in [2.24, 2.45) is 0 Å². The first-order chi connectivity index (χ1) is 9.27. The zero-order valence-electron chi connectivity index (χ0n) is 12.9. The molecule has 2 aromatic rings. The van der Waals surface area contributed by atoms with Gasteiger partial charge in [-0.25, -0.2) is 0 Å². The van der Waals surface area contributed by atoms with Crippen molar-refractivity contribution < 1.29 is 0 Å². The van der Waals surface area contributed by atoms with Crippen molar-refractivity contribution in [1.82, 2.24) is 10.3 Å². The number of hydrogen-bond donors (Lipinski definition) is 1. The quantitative estimate of drug-likeness (QED) is 0.887. The minimum atomic E-state index is 0.0421. The largest absolute Gasteiger partial charge is 0.310 e. The van der Waals surface area contributed by atoms with Crippen LogP contribution in [-0.4, -0.2) is 11.0 Å². The number of nitrogens with one attached hydrogen (secondary N) is 1. The van der Waals surface area contributed by atoms with E-state index >= 15 is 0 Å². The highest BCUT2D eigenvalue weighted by molar-refractivity contribution is 6.31. The summed E-state index contributed by atoms with van der Waals surface area (Å²) in [7, 11) is 0. The van der Waals surface area contributed by atoms with Gasteiger partial charge >= 0.3 is 0 Å². The summed E-state index contributed by atoms with van der Waals surface area (Å²) in [6.45, 7) is 11.7. The van der Waals surface area contributed by atoms with Crippen LogP contribution < -0.4 is 5.32 Å². The standard InChI is InChI=1S/C17H23ClN2/c1-11(2)19-10-12-8-16(17(3,4)5)20-15-7-6-13(18)9-14(12)15/h6-9,11,19H,10H2,1-5H3. The van der Waals surface area contributed by atoms with Gasteiger partial charge in [0.1, 0.15) is 0 Å². The Bertz CT molecular complexity index is 612. The maximum atomic E-state index is 6.13. The van der Waals surface area contributed by atoms with Crippen molar-refractivity contribution in [2.45, 2.75) is 52.6 Å². The van der Waals surface area contributed by atoms with Crippen LogP contribution in [-0.2, 0) is 12.0 Å². The smallest absolute Gasteiger partial charge is 0.0709 e. The predicted octanol–water partition coefficient (Wildman–Crippen LogP) is 4.68. The molecule has 1 aromatic heterocycles. The van der Waals surface area contributed by atoms with Crippen molar-refractivity contribution in [1.29, 1.82) is 0 Å². The normalized spacial score (nSPS) is 12.3. The third-order valence-electron chi connectivity index (χ3n) is 3.33. The van der Waals surface area contributed by atoms with Gasteiger partial charge in [0.2, 0.25) is 0 Å². The fourth-order valence-corrected chi connectivity index (χ4v) is 2.28. The monoisotopic (exact) mass is 290 g/mol. The van der Waals surface area contributed by atoms with Crippen molar-refractivity contribution in [3.8, 4) is 0 Å². The molecule has 108 valence electrons. The number of hydrogen-bond acceptors (Lipinski definition) is 2. The van der Waals surface area contributed by atoms with Crippen molar-refractivity contribution >= 4 is 22.5 Å². The van der Waals surface area contributed by atoms with E-state index in [1.165, 1.54) is 5.56 Å². The molecule has 0 aliphatic heterocycles. The lowest BCUT2D eigenvalue weighted by atomic mass is 9.90. The van der Waals surface area contributed by atoms with Crippen molar-refractivity contribution in [3.63, 3.8) is 0 Å². The van der Waals surface area contributed by atoms with Gasteiger partial charge in [-0.15, -0.1) is 0 Å². The lowest BCUT2D eigenvalue weighted by Gasteiger charge is -2.20. The van der Waals surface area contributed by atoms with E-state index in [-0.39, 0.29) is 5.41 Å². The zero-order chi connectivity index (χ0) is 14.9. The molecule has 2 nitrogen and oxygen atoms in total. The molecule has 1 aromatic carbocycles. The van der Waals surface area contributed by atoms with Crippen LogP contribution in [0.2, 0.25) is 5.02 Å². The van der Waals surface area contributed by atoms with Gasteiger partial charge in [0.15, 0.2) is 0 Å². The number of pyridine rings is 1. The average Bonchev–Trinajstić information content (AvgIpc) is 2.34. The van der Waals surface area contributed by atoms with Crippen LogP contribution in [0, 0.1) is 0 Å². The first-order valence-electron chi connectivity index (χ1n) is 7.10. The van der Waals surface area contributed by atoms with Crippen LogP contribution in [0.5, 0.6) is 0 Å². The second-order valence-electron chi connectivity index (χ2n) is 6.61. The predicted molar refractivity (Wildman–Crippen MR) is 87.4 cm³/mol. The Morgan fingerprint density at radius 1 is 1.20 bits per heavy atom. The highest BCUT2D eigenvalue weighted by Crippen LogP contribution is 2.28. The molecule has 0 spiro atoms. The maximum Gasteiger partial charge on any atom is 0.0709 e. The number of halogens is 1. The van der Waals surface area contributed by atoms with Gasteiger partial charge in [0.25, 0.3) is 0 Å². The third kappa shape index (κ3) is 3.50. The fraction of sp³-hybridized carbons (Fsp3) is 0.471. The number of rotatable bonds is 3. The molecule has 0 fully saturated rings. The van der Waals surface area contributed by atoms with Crippen LogP contribution >= 0.6 is 11.6 Å². The molecule has 0 amide bonds. The molecule has 0 aliphatic rings. The molecule has 3 heteroatoms. The van der Waals surface area contributed by atoms with Crippen LogP contribution in [0.4, 0.5) is 0 Å². The van der Waals surface area contributed by atoms with E-state index < -0.39 is 0 Å². The summed E-state index contributed by atoms with van der Waals surface area (Å²) < 4.78 is 0. The van der Waals surface area contributed by atoms with Crippen LogP contribution in [0.15, 0.2) is 24.3 Å². The van der Waals surface area contributed by atoms with Gasteiger partial charge in [-0.05, 0) is 29.8 Å². The molecular formula is C17H23ClN2. The lowest BCUT2D eigenvalue weighted by Crippen LogP contribution is -2.23. The van der Waals surface area contributed by atoms with Gasteiger partial charge in [-0.3, -0.25) is 4.98 Å². The van der Waals surface area contributed by atoms with E-state index in [0.29, 0.717) is 6.04 Å². The summed E-state index contributed by atoms with van der Waals surface area (Å²) >= 11 is 6.13. The van der Waals surface area contributed by atoms with Crippen LogP contribution in [0.25, 0.3) is 10.9 Å². The Labute approximate surface area is 126 Å². The van der Waals surface area contributed by atoms with E-state index in [0.717, 1.165) is 28.2 Å². The highest BCUT2D eigenvalue weighted by Gasteiger charge is 2.18. The Morgan fingerprint density at radius 3 is 2.50 bits per heavy atom. The van der Waals surface area contributed by atoms with Gasteiger partial charge in [0, 0.05) is 34.1 Å². The van der Waals surface area contributed by atoms with Gasteiger partial charge in [-0.1, -0.05) is 46.2 Å². The number of fused-ring (bicyclic) bond motifs is 1. The van der Waals surface area contributed by atoms with E-state index in [1.807, 2.05) is 18.2 Å². The Kier molecular flexibility index (Phi) is 4.36. The average molecular weight is 291 g/mol. The second kappa shape index (κ2) is 5.71. The Balaban J connectivity index is 2.57. The molecule has 20 heavy (non-hydrogen) atoms. The molecule has 0 bridgehead atoms. The molecule has 1 N–H and O–H groups in total. The molecule has 0 saturated carbocycles. The molecule has 0 atom stereocenters. The number of aromatic nitrogens is 1. The SMILES string of the molecule is CC(C)NCc1cc(C(C)(C)C)nc2ccc(Cl)cc12. The molecule has 0 radical (unpaired) electrons. The van der Waals surface area contributed by atoms with Gasteiger partial charge in [0.05, 0.1) is 5.52 Å². The van der Waals surface area contributed by atoms with Gasteiger partial charge in [-0.2, -0.15) is 0 Å². The molecule has 1 heterocycles. The summed E-state index contributed by atoms with van der Waals surface area (Å²) in [5.74, 6) is 0. The first-order valence-corrected chi connectivity index (χ1v) is 7.48. The van der Waals surface area contributed by atoms with Crippen LogP contribution in [0.1, 0.15) is 45.9 Å². The number of nitrogens with zero attached hydrogens (tertiary/aromatic N) is 1. The minimum Gasteiger partial charge on any atom is -0.310 e. The maximum absolute atomic E-state index is 6.13. The highest BCUT2D eigenvalue weighted by atomic mass is 35.5. The molecular weight excluding hydrogens is 268 g/mol. The zero-order valence-corrected chi connectivity index (χ0v) is 13.7. The van der Waals surface area contributed by atoms with Crippen LogP contribution in [0.3, 0.4) is 0 Å². The van der Waals surface area contributed by atoms with E-state index in [2.05, 4.69) is 46.0 Å². The molecule has 0 aliphatic carbocycles. The number of benzene rings is 1. The van der Waals surface area contributed by atoms with E-state index in [4.69, 9.17) is 16.6 Å². The van der Waals surface area contributed by atoms with E-state index in [9.17, 15) is 0 Å². The van der Waals surface area contributed by atoms with Crippen molar-refractivity contribution in [2.75, 3.05) is 0 Å². The Morgan fingerprint density at radius 2 is 1.90 bits per heavy atom. The topological polar surface area (TPSA) is 24.9 Å². The fourth-order valence-electron chi connectivity index (χ4n) is 2.11. The summed E-state index contributed by atoms with van der Waals surface area (Å²) in [6, 6.07) is 8.58. The third-order valence-corrected chi connectivity index (χ3v) is 3.56. The molecule has 0 saturated heterocycles. The summed E-state index contributed by atoms with van der Waals surface area (Å²) in [5.41, 5.74) is 3.44. The van der Waals surface area contributed by atoms with Crippen molar-refractivity contribution in [3.05, 3.63) is 40.5 Å². The second-order valence-corrected chi connectivity index (χ2v) is 7.05. The van der Waals surface area contributed by atoms with Gasteiger partial charge < -0.3 is 5.32 Å². The first kappa shape index (κ1) is 15.3. The molecule has 2 rings (SSSR count). The Hall–Kier alpha value is -1.12. The van der Waals surface area contributed by atoms with E-state index in [1.54, 1.807) is 0 Å². The molecule has 0 unspecified atom stereocenters.